The summed E-state index contributed by atoms with van der Waals surface area (Å²) in [6, 6.07) is 0. The summed E-state index contributed by atoms with van der Waals surface area (Å²) in [5.41, 5.74) is 0. The van der Waals surface area contributed by atoms with Crippen molar-refractivity contribution in [3.8, 4) is 0 Å². The third-order valence-electron chi connectivity index (χ3n) is 2.13. The summed E-state index contributed by atoms with van der Waals surface area (Å²) in [6.07, 6.45) is -10.2. The molecule has 0 aliphatic rings. The van der Waals surface area contributed by atoms with Crippen LogP contribution in [0.5, 0.6) is 0 Å². The molecule has 0 aromatic heterocycles. The lowest BCUT2D eigenvalue weighted by Crippen LogP contribution is -2.36. The fourth-order valence-corrected chi connectivity index (χ4v) is 1.73. The highest BCUT2D eigenvalue weighted by atomic mass is 127. The van der Waals surface area contributed by atoms with Gasteiger partial charge in [0.25, 0.3) is 0 Å². The highest BCUT2D eigenvalue weighted by Crippen LogP contribution is 2.42. The average Bonchev–Trinajstić information content (AvgIpc) is 1.97. The lowest BCUT2D eigenvalue weighted by molar-refractivity contribution is -0.285. The first-order valence-corrected chi connectivity index (χ1v) is 6.07. The Bertz CT molecular complexity index is 181. The van der Waals surface area contributed by atoms with Crippen molar-refractivity contribution in [2.45, 2.75) is 48.9 Å². The molecule has 1 atom stereocenters. The van der Waals surface area contributed by atoms with Crippen molar-refractivity contribution < 1.29 is 26.3 Å². The second-order valence-electron chi connectivity index (χ2n) is 3.70. The van der Waals surface area contributed by atoms with Crippen LogP contribution in [0.25, 0.3) is 0 Å². The summed E-state index contributed by atoms with van der Waals surface area (Å²) in [7, 11) is 0. The molecule has 0 aromatic carbocycles. The van der Waals surface area contributed by atoms with E-state index in [0.717, 1.165) is 0 Å². The Kier molecular flexibility index (Phi) is 6.42. The molecule has 0 aromatic rings. The van der Waals surface area contributed by atoms with Gasteiger partial charge in [-0.3, -0.25) is 0 Å². The monoisotopic (exact) mass is 362 g/mol. The van der Waals surface area contributed by atoms with Gasteiger partial charge in [-0.2, -0.15) is 26.3 Å². The molecule has 7 heteroatoms. The molecule has 0 saturated carbocycles. The Morgan fingerprint density at radius 1 is 0.875 bits per heavy atom. The minimum atomic E-state index is -5.19. The van der Waals surface area contributed by atoms with Crippen LogP contribution in [0.2, 0.25) is 0 Å². The number of hydrogen-bond donors (Lipinski definition) is 0. The molecule has 1 unspecified atom stereocenters. The Labute approximate surface area is 104 Å². The van der Waals surface area contributed by atoms with Crippen LogP contribution in [0.4, 0.5) is 26.3 Å². The average molecular weight is 362 g/mol. The van der Waals surface area contributed by atoms with Crippen LogP contribution in [-0.4, -0.2) is 16.3 Å². The van der Waals surface area contributed by atoms with E-state index in [4.69, 9.17) is 0 Å². The maximum Gasteiger partial charge on any atom is 0.400 e. The van der Waals surface area contributed by atoms with Crippen molar-refractivity contribution in [3.05, 3.63) is 0 Å². The molecule has 0 rings (SSSR count). The normalized spacial score (nSPS) is 15.6. The molecule has 0 heterocycles. The summed E-state index contributed by atoms with van der Waals surface area (Å²) >= 11 is 2.09. The van der Waals surface area contributed by atoms with Crippen LogP contribution < -0.4 is 0 Å². The fourth-order valence-electron chi connectivity index (χ4n) is 1.29. The van der Waals surface area contributed by atoms with Crippen molar-refractivity contribution in [2.75, 3.05) is 0 Å². The van der Waals surface area contributed by atoms with Crippen LogP contribution in [0.1, 0.15) is 32.6 Å². The Balaban J connectivity index is 4.16. The molecule has 98 valence electrons. The van der Waals surface area contributed by atoms with Crippen LogP contribution in [0.15, 0.2) is 0 Å². The van der Waals surface area contributed by atoms with Gasteiger partial charge in [-0.05, 0) is 12.8 Å². The molecule has 0 radical (unpaired) electrons. The zero-order chi connectivity index (χ0) is 13.0. The zero-order valence-electron chi connectivity index (χ0n) is 8.63. The quantitative estimate of drug-likeness (QED) is 0.276. The molecule has 0 aliphatic heterocycles. The second kappa shape index (κ2) is 6.30. The van der Waals surface area contributed by atoms with Gasteiger partial charge in [0.1, 0.15) is 0 Å². The smallest absolute Gasteiger partial charge is 0.170 e. The summed E-state index contributed by atoms with van der Waals surface area (Å²) in [5, 5.41) is 0. The highest BCUT2D eigenvalue weighted by molar-refractivity contribution is 14.1. The van der Waals surface area contributed by atoms with Gasteiger partial charge >= 0.3 is 12.4 Å². The summed E-state index contributed by atoms with van der Waals surface area (Å²) in [4.78, 5) is 0. The molecule has 0 N–H and O–H groups in total. The van der Waals surface area contributed by atoms with Gasteiger partial charge in [0.05, 0.1) is 0 Å². The topological polar surface area (TPSA) is 0 Å². The number of rotatable bonds is 5. The predicted octanol–water partition coefficient (Wildman–Crippen LogP) is 5.11. The first-order valence-electron chi connectivity index (χ1n) is 4.82. The third-order valence-corrected chi connectivity index (χ3v) is 2.76. The van der Waals surface area contributed by atoms with E-state index in [1.54, 1.807) is 0 Å². The number of alkyl halides is 7. The van der Waals surface area contributed by atoms with E-state index in [-0.39, 0.29) is 10.3 Å². The van der Waals surface area contributed by atoms with E-state index in [0.29, 0.717) is 12.8 Å². The maximum absolute atomic E-state index is 12.1. The Morgan fingerprint density at radius 2 is 1.25 bits per heavy atom. The van der Waals surface area contributed by atoms with Gasteiger partial charge in [0.15, 0.2) is 5.92 Å². The van der Waals surface area contributed by atoms with Gasteiger partial charge in [-0.25, -0.2) is 0 Å². The first kappa shape index (κ1) is 16.3. The van der Waals surface area contributed by atoms with Crippen LogP contribution in [0, 0.1) is 5.92 Å². The molecule has 0 bridgehead atoms. The predicted molar refractivity (Wildman–Crippen MR) is 57.6 cm³/mol. The van der Waals surface area contributed by atoms with E-state index in [2.05, 4.69) is 22.6 Å². The van der Waals surface area contributed by atoms with Gasteiger partial charge in [0, 0.05) is 3.92 Å². The van der Waals surface area contributed by atoms with Crippen molar-refractivity contribution in [1.82, 2.24) is 0 Å². The van der Waals surface area contributed by atoms with E-state index in [1.165, 1.54) is 0 Å². The number of unbranched alkanes of at least 4 members (excludes halogenated alkanes) is 1. The summed E-state index contributed by atoms with van der Waals surface area (Å²) in [5.74, 6) is -3.18. The Hall–Kier alpha value is 0.310. The van der Waals surface area contributed by atoms with E-state index in [9.17, 15) is 26.3 Å². The zero-order valence-corrected chi connectivity index (χ0v) is 10.8. The molecule has 0 amide bonds. The summed E-state index contributed by atoms with van der Waals surface area (Å²) < 4.78 is 72.8. The van der Waals surface area contributed by atoms with Crippen LogP contribution in [-0.2, 0) is 0 Å². The third kappa shape index (κ3) is 6.80. The molecule has 0 saturated heterocycles. The largest absolute Gasteiger partial charge is 0.400 e. The van der Waals surface area contributed by atoms with Gasteiger partial charge in [-0.1, -0.05) is 42.4 Å². The molecule has 0 fully saturated rings. The lowest BCUT2D eigenvalue weighted by Gasteiger charge is -2.22. The minimum Gasteiger partial charge on any atom is -0.170 e. The van der Waals surface area contributed by atoms with Gasteiger partial charge in [0.2, 0.25) is 0 Å². The first-order chi connectivity index (χ1) is 7.05. The standard InChI is InChI=1S/C9H13F6I/c1-6(16)4-2-3-5-7(8(10,11)12)9(13,14)15/h6-7H,2-5H2,1H3. The van der Waals surface area contributed by atoms with Crippen LogP contribution >= 0.6 is 22.6 Å². The van der Waals surface area contributed by atoms with E-state index >= 15 is 0 Å². The van der Waals surface area contributed by atoms with Gasteiger partial charge < -0.3 is 0 Å². The Morgan fingerprint density at radius 3 is 1.56 bits per heavy atom. The maximum atomic E-state index is 12.1. The SMILES string of the molecule is CC(I)CCCCC(C(F)(F)F)C(F)(F)F. The highest BCUT2D eigenvalue weighted by Gasteiger charge is 2.55. The number of halogens is 7. The van der Waals surface area contributed by atoms with Crippen molar-refractivity contribution in [3.63, 3.8) is 0 Å². The molecule has 16 heavy (non-hydrogen) atoms. The molecular weight excluding hydrogens is 349 g/mol. The molecule has 0 aliphatic carbocycles. The molecule has 0 nitrogen and oxygen atoms in total. The van der Waals surface area contributed by atoms with Crippen molar-refractivity contribution in [1.29, 1.82) is 0 Å². The lowest BCUT2D eigenvalue weighted by atomic mass is 10.00. The minimum absolute atomic E-state index is 0.0446. The summed E-state index contributed by atoms with van der Waals surface area (Å²) in [6.45, 7) is 1.87. The number of hydrogen-bond acceptors (Lipinski definition) is 0. The molecular formula is C9H13F6I. The van der Waals surface area contributed by atoms with E-state index < -0.39 is 24.7 Å². The van der Waals surface area contributed by atoms with E-state index in [1.807, 2.05) is 6.92 Å². The van der Waals surface area contributed by atoms with Crippen LogP contribution in [0.3, 0.4) is 0 Å². The fraction of sp³-hybridized carbons (Fsp3) is 1.00. The van der Waals surface area contributed by atoms with Crippen molar-refractivity contribution in [2.24, 2.45) is 5.92 Å². The van der Waals surface area contributed by atoms with Gasteiger partial charge in [-0.15, -0.1) is 0 Å². The van der Waals surface area contributed by atoms with Crippen molar-refractivity contribution >= 4 is 22.6 Å². The molecule has 0 spiro atoms. The second-order valence-corrected chi connectivity index (χ2v) is 5.83.